The summed E-state index contributed by atoms with van der Waals surface area (Å²) < 4.78 is 0. The lowest BCUT2D eigenvalue weighted by Crippen LogP contribution is -2.45. The van der Waals surface area contributed by atoms with Gasteiger partial charge in [0.15, 0.2) is 0 Å². The van der Waals surface area contributed by atoms with Crippen molar-refractivity contribution in [3.63, 3.8) is 0 Å². The molecule has 2 aromatic rings. The molecule has 0 radical (unpaired) electrons. The number of hydrogen-bond donors (Lipinski definition) is 1. The summed E-state index contributed by atoms with van der Waals surface area (Å²) in [6, 6.07) is 9.83. The van der Waals surface area contributed by atoms with E-state index in [0.717, 1.165) is 40.3 Å². The average molecular weight is 335 g/mol. The number of thiophene rings is 1. The Labute approximate surface area is 139 Å². The second-order valence-electron chi connectivity index (χ2n) is 5.79. The minimum atomic E-state index is 0.0940. The molecule has 3 rings (SSSR count). The number of carbonyl (C=O) groups is 1. The fourth-order valence-electron chi connectivity index (χ4n) is 2.85. The number of amides is 1. The maximum Gasteiger partial charge on any atom is 0.264 e. The van der Waals surface area contributed by atoms with Crippen molar-refractivity contribution in [1.29, 1.82) is 0 Å². The highest BCUT2D eigenvalue weighted by atomic mass is 35.5. The SMILES string of the molecule is Cc1cc(C(=O)N2CCCC(N)C2)sc1-c1cccc(Cl)c1. The number of piperidine rings is 1. The van der Waals surface area contributed by atoms with Crippen LogP contribution in [0, 0.1) is 6.92 Å². The van der Waals surface area contributed by atoms with Gasteiger partial charge in [-0.2, -0.15) is 0 Å². The van der Waals surface area contributed by atoms with Crippen LogP contribution >= 0.6 is 22.9 Å². The predicted octanol–water partition coefficient (Wildman–Crippen LogP) is 3.94. The summed E-state index contributed by atoms with van der Waals surface area (Å²) in [6.45, 7) is 3.49. The highest BCUT2D eigenvalue weighted by Crippen LogP contribution is 2.34. The van der Waals surface area contributed by atoms with Crippen molar-refractivity contribution in [2.45, 2.75) is 25.8 Å². The van der Waals surface area contributed by atoms with Crippen molar-refractivity contribution in [2.24, 2.45) is 5.73 Å². The fraction of sp³-hybridized carbons (Fsp3) is 0.353. The van der Waals surface area contributed by atoms with E-state index in [-0.39, 0.29) is 11.9 Å². The van der Waals surface area contributed by atoms with E-state index < -0.39 is 0 Å². The summed E-state index contributed by atoms with van der Waals surface area (Å²) in [5.74, 6) is 0.0940. The van der Waals surface area contributed by atoms with Gasteiger partial charge < -0.3 is 10.6 Å². The Bertz CT molecular complexity index is 698. The van der Waals surface area contributed by atoms with Gasteiger partial charge in [-0.3, -0.25) is 4.79 Å². The minimum Gasteiger partial charge on any atom is -0.336 e. The van der Waals surface area contributed by atoms with E-state index >= 15 is 0 Å². The number of aryl methyl sites for hydroxylation is 1. The van der Waals surface area contributed by atoms with Gasteiger partial charge in [-0.15, -0.1) is 11.3 Å². The Morgan fingerprint density at radius 3 is 2.95 bits per heavy atom. The first-order chi connectivity index (χ1) is 10.5. The van der Waals surface area contributed by atoms with Crippen LogP contribution in [0.5, 0.6) is 0 Å². The second-order valence-corrected chi connectivity index (χ2v) is 7.28. The summed E-state index contributed by atoms with van der Waals surface area (Å²) in [5, 5.41) is 0.709. The summed E-state index contributed by atoms with van der Waals surface area (Å²) >= 11 is 7.60. The van der Waals surface area contributed by atoms with Crippen molar-refractivity contribution in [3.05, 3.63) is 45.8 Å². The lowest BCUT2D eigenvalue weighted by molar-refractivity contribution is 0.0713. The molecule has 1 aromatic carbocycles. The van der Waals surface area contributed by atoms with Crippen molar-refractivity contribution in [2.75, 3.05) is 13.1 Å². The van der Waals surface area contributed by atoms with Crippen LogP contribution < -0.4 is 5.73 Å². The average Bonchev–Trinajstić information content (AvgIpc) is 2.88. The smallest absolute Gasteiger partial charge is 0.264 e. The monoisotopic (exact) mass is 334 g/mol. The first-order valence-corrected chi connectivity index (χ1v) is 8.65. The molecular formula is C17H19ClN2OS. The molecule has 0 saturated carbocycles. The van der Waals surface area contributed by atoms with Gasteiger partial charge >= 0.3 is 0 Å². The number of halogens is 1. The van der Waals surface area contributed by atoms with Crippen LogP contribution in [-0.4, -0.2) is 29.9 Å². The van der Waals surface area contributed by atoms with Crippen LogP contribution in [0.15, 0.2) is 30.3 Å². The van der Waals surface area contributed by atoms with Gasteiger partial charge in [-0.1, -0.05) is 23.7 Å². The molecule has 1 unspecified atom stereocenters. The van der Waals surface area contributed by atoms with Crippen LogP contribution in [0.2, 0.25) is 5.02 Å². The van der Waals surface area contributed by atoms with Gasteiger partial charge in [0.2, 0.25) is 0 Å². The molecule has 0 spiro atoms. The Morgan fingerprint density at radius 2 is 2.23 bits per heavy atom. The molecule has 3 nitrogen and oxygen atoms in total. The number of benzene rings is 1. The topological polar surface area (TPSA) is 46.3 Å². The van der Waals surface area contributed by atoms with E-state index in [9.17, 15) is 4.79 Å². The molecular weight excluding hydrogens is 316 g/mol. The molecule has 1 atom stereocenters. The number of nitrogens with zero attached hydrogens (tertiary/aromatic N) is 1. The minimum absolute atomic E-state index is 0.0940. The van der Waals surface area contributed by atoms with Crippen molar-refractivity contribution >= 4 is 28.8 Å². The maximum atomic E-state index is 12.7. The molecule has 116 valence electrons. The Balaban J connectivity index is 1.87. The quantitative estimate of drug-likeness (QED) is 0.904. The van der Waals surface area contributed by atoms with Gasteiger partial charge in [-0.25, -0.2) is 0 Å². The predicted molar refractivity (Wildman–Crippen MR) is 92.6 cm³/mol. The van der Waals surface area contributed by atoms with E-state index in [1.165, 1.54) is 11.3 Å². The summed E-state index contributed by atoms with van der Waals surface area (Å²) in [6.07, 6.45) is 1.99. The van der Waals surface area contributed by atoms with Gasteiger partial charge in [0.05, 0.1) is 4.88 Å². The van der Waals surface area contributed by atoms with E-state index in [4.69, 9.17) is 17.3 Å². The fourth-order valence-corrected chi connectivity index (χ4v) is 4.18. The number of hydrogen-bond acceptors (Lipinski definition) is 3. The third kappa shape index (κ3) is 3.19. The van der Waals surface area contributed by atoms with Crippen LogP contribution in [-0.2, 0) is 0 Å². The molecule has 1 aromatic heterocycles. The number of nitrogens with two attached hydrogens (primary N) is 1. The normalized spacial score (nSPS) is 18.5. The number of rotatable bonds is 2. The van der Waals surface area contributed by atoms with Crippen LogP contribution in [0.1, 0.15) is 28.1 Å². The lowest BCUT2D eigenvalue weighted by atomic mass is 10.1. The molecule has 5 heteroatoms. The highest BCUT2D eigenvalue weighted by molar-refractivity contribution is 7.17. The maximum absolute atomic E-state index is 12.7. The first kappa shape index (κ1) is 15.5. The van der Waals surface area contributed by atoms with Crippen molar-refractivity contribution < 1.29 is 4.79 Å². The molecule has 0 bridgehead atoms. The van der Waals surface area contributed by atoms with Gasteiger partial charge in [0.1, 0.15) is 0 Å². The third-order valence-electron chi connectivity index (χ3n) is 3.96. The number of carbonyl (C=O) groups excluding carboxylic acids is 1. The Morgan fingerprint density at radius 1 is 1.41 bits per heavy atom. The summed E-state index contributed by atoms with van der Waals surface area (Å²) in [7, 11) is 0. The molecule has 22 heavy (non-hydrogen) atoms. The Hall–Kier alpha value is -1.36. The standard InChI is InChI=1S/C17H19ClN2OS/c1-11-8-15(17(21)20-7-3-6-14(19)10-20)22-16(11)12-4-2-5-13(18)9-12/h2,4-5,8-9,14H,3,6-7,10,19H2,1H3. The van der Waals surface area contributed by atoms with Crippen LogP contribution in [0.3, 0.4) is 0 Å². The van der Waals surface area contributed by atoms with Crippen LogP contribution in [0.25, 0.3) is 10.4 Å². The van der Waals surface area contributed by atoms with Crippen LogP contribution in [0.4, 0.5) is 0 Å². The van der Waals surface area contributed by atoms with Crippen molar-refractivity contribution in [3.8, 4) is 10.4 Å². The lowest BCUT2D eigenvalue weighted by Gasteiger charge is -2.30. The molecule has 0 aliphatic carbocycles. The largest absolute Gasteiger partial charge is 0.336 e. The zero-order valence-corrected chi connectivity index (χ0v) is 14.1. The number of likely N-dealkylation sites (tertiary alicyclic amines) is 1. The summed E-state index contributed by atoms with van der Waals surface area (Å²) in [4.78, 5) is 16.4. The molecule has 1 amide bonds. The zero-order chi connectivity index (χ0) is 15.7. The third-order valence-corrected chi connectivity index (χ3v) is 5.47. The van der Waals surface area contributed by atoms with E-state index in [1.807, 2.05) is 42.2 Å². The molecule has 1 fully saturated rings. The molecule has 1 aliphatic heterocycles. The molecule has 2 heterocycles. The highest BCUT2D eigenvalue weighted by Gasteiger charge is 2.24. The van der Waals surface area contributed by atoms with Gasteiger partial charge in [0, 0.05) is 29.0 Å². The first-order valence-electron chi connectivity index (χ1n) is 7.46. The van der Waals surface area contributed by atoms with Gasteiger partial charge in [0.25, 0.3) is 5.91 Å². The van der Waals surface area contributed by atoms with E-state index in [0.29, 0.717) is 11.6 Å². The van der Waals surface area contributed by atoms with Crippen molar-refractivity contribution in [1.82, 2.24) is 4.90 Å². The molecule has 1 aliphatic rings. The molecule has 2 N–H and O–H groups in total. The van der Waals surface area contributed by atoms with Gasteiger partial charge in [-0.05, 0) is 49.1 Å². The Kier molecular flexibility index (Phi) is 4.52. The second kappa shape index (κ2) is 6.41. The zero-order valence-electron chi connectivity index (χ0n) is 12.5. The summed E-state index contributed by atoms with van der Waals surface area (Å²) in [5.41, 5.74) is 8.15. The molecule has 1 saturated heterocycles. The van der Waals surface area contributed by atoms with E-state index in [1.54, 1.807) is 0 Å². The van der Waals surface area contributed by atoms with E-state index in [2.05, 4.69) is 0 Å².